The molecule has 2 saturated heterocycles. The van der Waals surface area contributed by atoms with Crippen molar-refractivity contribution < 1.29 is 29.9 Å². The van der Waals surface area contributed by atoms with E-state index in [0.717, 1.165) is 6.42 Å². The topological polar surface area (TPSA) is 279 Å². The zero-order chi connectivity index (χ0) is 28.0. The molecule has 2 aliphatic rings. The molecule has 2 fully saturated rings. The molecule has 210 valence electrons. The molecule has 10 N–H and O–H groups in total. The number of aromatic nitrogens is 8. The van der Waals surface area contributed by atoms with Crippen molar-refractivity contribution in [1.82, 2.24) is 39.0 Å². The number of ether oxygens (including phenoxy) is 2. The molecule has 0 saturated carbocycles. The Balaban J connectivity index is 0.000000158. The Morgan fingerprint density at radius 3 is 1.95 bits per heavy atom. The van der Waals surface area contributed by atoms with Crippen LogP contribution in [0, 0.1) is 5.92 Å². The van der Waals surface area contributed by atoms with Crippen molar-refractivity contribution in [2.24, 2.45) is 5.92 Å². The lowest BCUT2D eigenvalue weighted by atomic mass is 10.0. The summed E-state index contributed by atoms with van der Waals surface area (Å²) >= 11 is 0. The maximum atomic E-state index is 11.7. The number of aliphatic hydroxyl groups excluding tert-OH is 4. The predicted octanol–water partition coefficient (Wildman–Crippen LogP) is -3.07. The minimum absolute atomic E-state index is 0.0273. The molecule has 0 radical (unpaired) electrons. The molecule has 0 unspecified atom stereocenters. The van der Waals surface area contributed by atoms with Crippen LogP contribution in [0.15, 0.2) is 22.2 Å². The van der Waals surface area contributed by atoms with Crippen LogP contribution < -0.4 is 22.6 Å². The lowest BCUT2D eigenvalue weighted by Gasteiger charge is -2.16. The first-order valence-electron chi connectivity index (χ1n) is 12.0. The molecule has 18 heteroatoms. The number of rotatable bonds is 4. The van der Waals surface area contributed by atoms with Gasteiger partial charge in [0.1, 0.15) is 24.5 Å². The number of hydrogen-bond donors (Lipinski definition) is 8. The van der Waals surface area contributed by atoms with E-state index >= 15 is 0 Å². The Morgan fingerprint density at radius 1 is 0.897 bits per heavy atom. The second-order valence-corrected chi connectivity index (χ2v) is 9.30. The number of aromatic amines is 2. The van der Waals surface area contributed by atoms with Crippen LogP contribution in [0.3, 0.4) is 0 Å². The van der Waals surface area contributed by atoms with Gasteiger partial charge in [0.15, 0.2) is 28.6 Å². The summed E-state index contributed by atoms with van der Waals surface area (Å²) in [6.07, 6.45) is -1.46. The minimum atomic E-state index is -1.29. The fourth-order valence-corrected chi connectivity index (χ4v) is 4.66. The number of fused-ring (bicyclic) bond motifs is 2. The number of nitrogens with two attached hydrogens (primary N) is 2. The zero-order valence-electron chi connectivity index (χ0n) is 20.6. The third-order valence-corrected chi connectivity index (χ3v) is 6.72. The number of H-pyrrole nitrogens is 2. The molecule has 0 spiro atoms. The molecule has 0 amide bonds. The smallest absolute Gasteiger partial charge is 0.280 e. The second kappa shape index (κ2) is 10.3. The van der Waals surface area contributed by atoms with Gasteiger partial charge in [-0.3, -0.25) is 28.7 Å². The van der Waals surface area contributed by atoms with Gasteiger partial charge in [-0.15, -0.1) is 0 Å². The zero-order valence-corrected chi connectivity index (χ0v) is 20.6. The minimum Gasteiger partial charge on any atom is -0.394 e. The van der Waals surface area contributed by atoms with Crippen LogP contribution >= 0.6 is 0 Å². The molecule has 6 rings (SSSR count). The standard InChI is InChI=1S/C11H15N5O3.C10H13N5O5/c1-5-2-7(19-6(5)3-17)16-4-13-8-9(16)14-11(12)15-10(8)18;11-10-13-7-4(8(19)14-10)12-2-15(7)9-6(18)5(17)3(1-16)20-9/h4-7,17H,2-3H2,1H3,(H3,12,14,15,18);2-3,5-6,9,16-18H,1H2,(H3,11,13,14,19)/t5-,6+,7+;3-,5-,6-,9-/m01/s1. The van der Waals surface area contributed by atoms with Crippen LogP contribution in [-0.2, 0) is 9.47 Å². The van der Waals surface area contributed by atoms with E-state index in [1.807, 2.05) is 6.92 Å². The quantitative estimate of drug-likeness (QED) is 0.126. The number of hydrogen-bond acceptors (Lipinski definition) is 14. The van der Waals surface area contributed by atoms with Crippen molar-refractivity contribution in [2.75, 3.05) is 24.7 Å². The Bertz CT molecular complexity index is 1600. The average Bonchev–Trinajstić information content (AvgIpc) is 3.65. The number of nitrogen functional groups attached to an aromatic ring is 2. The van der Waals surface area contributed by atoms with E-state index in [9.17, 15) is 24.9 Å². The van der Waals surface area contributed by atoms with Gasteiger partial charge in [0.2, 0.25) is 11.9 Å². The molecule has 4 aromatic heterocycles. The Hall–Kier alpha value is -3.94. The van der Waals surface area contributed by atoms with Crippen LogP contribution in [0.5, 0.6) is 0 Å². The van der Waals surface area contributed by atoms with Gasteiger partial charge in [-0.2, -0.15) is 9.97 Å². The first-order chi connectivity index (χ1) is 18.6. The number of imidazole rings is 2. The summed E-state index contributed by atoms with van der Waals surface area (Å²) in [6.45, 7) is 1.53. The van der Waals surface area contributed by atoms with Gasteiger partial charge in [-0.1, -0.05) is 6.92 Å². The van der Waals surface area contributed by atoms with Gasteiger partial charge in [0.25, 0.3) is 11.1 Å². The first kappa shape index (κ1) is 26.7. The largest absolute Gasteiger partial charge is 0.394 e. The second-order valence-electron chi connectivity index (χ2n) is 9.30. The van der Waals surface area contributed by atoms with E-state index in [4.69, 9.17) is 26.0 Å². The summed E-state index contributed by atoms with van der Waals surface area (Å²) in [5.74, 6) is 0.173. The maximum Gasteiger partial charge on any atom is 0.280 e. The summed E-state index contributed by atoms with van der Waals surface area (Å²) < 4.78 is 14.1. The summed E-state index contributed by atoms with van der Waals surface area (Å²) in [6, 6.07) is 0. The molecule has 0 aromatic carbocycles. The highest BCUT2D eigenvalue weighted by atomic mass is 16.6. The van der Waals surface area contributed by atoms with Crippen LogP contribution in [0.4, 0.5) is 11.9 Å². The fraction of sp³-hybridized carbons (Fsp3) is 0.524. The van der Waals surface area contributed by atoms with E-state index in [2.05, 4.69) is 29.9 Å². The molecular weight excluding hydrogens is 520 g/mol. The van der Waals surface area contributed by atoms with Crippen molar-refractivity contribution >= 4 is 34.2 Å². The molecule has 39 heavy (non-hydrogen) atoms. The monoisotopic (exact) mass is 548 g/mol. The van der Waals surface area contributed by atoms with E-state index in [1.165, 1.54) is 17.2 Å². The van der Waals surface area contributed by atoms with Crippen LogP contribution in [0.25, 0.3) is 22.3 Å². The van der Waals surface area contributed by atoms with E-state index in [-0.39, 0.29) is 59.0 Å². The lowest BCUT2D eigenvalue weighted by molar-refractivity contribution is -0.0511. The fourth-order valence-electron chi connectivity index (χ4n) is 4.66. The van der Waals surface area contributed by atoms with Crippen molar-refractivity contribution in [2.45, 2.75) is 50.2 Å². The normalized spacial score (nSPS) is 28.7. The van der Waals surface area contributed by atoms with Crippen molar-refractivity contribution in [1.29, 1.82) is 0 Å². The Labute approximate surface area is 217 Å². The molecule has 18 nitrogen and oxygen atoms in total. The van der Waals surface area contributed by atoms with Gasteiger partial charge < -0.3 is 41.4 Å². The van der Waals surface area contributed by atoms with E-state index in [0.29, 0.717) is 5.65 Å². The maximum absolute atomic E-state index is 11.7. The predicted molar refractivity (Wildman–Crippen MR) is 133 cm³/mol. The van der Waals surface area contributed by atoms with Gasteiger partial charge >= 0.3 is 0 Å². The van der Waals surface area contributed by atoms with Gasteiger partial charge in [-0.05, 0) is 12.3 Å². The number of anilines is 2. The first-order valence-corrected chi connectivity index (χ1v) is 12.0. The number of nitrogens with zero attached hydrogens (tertiary/aromatic N) is 6. The lowest BCUT2D eigenvalue weighted by Crippen LogP contribution is -2.33. The highest BCUT2D eigenvalue weighted by molar-refractivity contribution is 5.71. The van der Waals surface area contributed by atoms with Gasteiger partial charge in [-0.25, -0.2) is 9.97 Å². The molecule has 4 aromatic rings. The van der Waals surface area contributed by atoms with Crippen LogP contribution in [0.2, 0.25) is 0 Å². The molecule has 2 aliphatic heterocycles. The average molecular weight is 549 g/mol. The van der Waals surface area contributed by atoms with Crippen molar-refractivity contribution in [3.05, 3.63) is 33.4 Å². The summed E-state index contributed by atoms with van der Waals surface area (Å²) in [5, 5.41) is 37.9. The molecule has 6 heterocycles. The molecule has 0 aliphatic carbocycles. The number of aliphatic hydroxyl groups is 4. The van der Waals surface area contributed by atoms with Gasteiger partial charge in [0, 0.05) is 0 Å². The molecule has 0 bridgehead atoms. The number of nitrogens with one attached hydrogen (secondary N) is 2. The molecular formula is C21H28N10O8. The van der Waals surface area contributed by atoms with Crippen LogP contribution in [-0.4, -0.2) is 97.1 Å². The van der Waals surface area contributed by atoms with Crippen molar-refractivity contribution in [3.8, 4) is 0 Å². The van der Waals surface area contributed by atoms with Gasteiger partial charge in [0.05, 0.1) is 32.0 Å². The highest BCUT2D eigenvalue weighted by Crippen LogP contribution is 2.34. The highest BCUT2D eigenvalue weighted by Gasteiger charge is 2.44. The van der Waals surface area contributed by atoms with Crippen molar-refractivity contribution in [3.63, 3.8) is 0 Å². The summed E-state index contributed by atoms with van der Waals surface area (Å²) in [5.41, 5.74) is 10.9. The summed E-state index contributed by atoms with van der Waals surface area (Å²) in [7, 11) is 0. The third kappa shape index (κ3) is 4.73. The van der Waals surface area contributed by atoms with E-state index in [1.54, 1.807) is 4.57 Å². The molecule has 7 atom stereocenters. The van der Waals surface area contributed by atoms with E-state index < -0.39 is 36.7 Å². The summed E-state index contributed by atoms with van der Waals surface area (Å²) in [4.78, 5) is 44.0. The van der Waals surface area contributed by atoms with Crippen LogP contribution in [0.1, 0.15) is 25.8 Å². The SMILES string of the molecule is C[C@H]1C[C@H](n2cnc3c(=O)[nH]c(N)nc32)O[C@@H]1CO.Nc1nc2c(ncn2[C@@H]2O[C@H](CO)[C@@H](O)[C@H]2O)c(=O)[nH]1. The third-order valence-electron chi connectivity index (χ3n) is 6.72. The Morgan fingerprint density at radius 2 is 1.44 bits per heavy atom. The Kier molecular flexibility index (Phi) is 7.05.